The molecule has 90 valence electrons. The quantitative estimate of drug-likeness (QED) is 0.895. The third kappa shape index (κ3) is 3.17. The van der Waals surface area contributed by atoms with E-state index in [4.69, 9.17) is 0 Å². The average Bonchev–Trinajstić information content (AvgIpc) is 2.35. The second kappa shape index (κ2) is 5.47. The van der Waals surface area contributed by atoms with Crippen LogP contribution in [0.2, 0.25) is 0 Å². The summed E-state index contributed by atoms with van der Waals surface area (Å²) >= 11 is 3.22. The van der Waals surface area contributed by atoms with Crippen LogP contribution in [0.4, 0.5) is 0 Å². The molecule has 0 unspecified atom stereocenters. The van der Waals surface area contributed by atoms with E-state index in [1.54, 1.807) is 0 Å². The Morgan fingerprint density at radius 2 is 2.29 bits per heavy atom. The van der Waals surface area contributed by atoms with E-state index in [1.165, 1.54) is 11.1 Å². The van der Waals surface area contributed by atoms with Gasteiger partial charge in [-0.2, -0.15) is 0 Å². The maximum atomic E-state index is 11.8. The largest absolute Gasteiger partial charge is 0.347 e. The predicted molar refractivity (Wildman–Crippen MR) is 72.3 cm³/mol. The van der Waals surface area contributed by atoms with Crippen LogP contribution in [0.5, 0.6) is 0 Å². The van der Waals surface area contributed by atoms with Crippen LogP contribution in [0.25, 0.3) is 0 Å². The minimum Gasteiger partial charge on any atom is -0.347 e. The summed E-state index contributed by atoms with van der Waals surface area (Å²) in [6, 6.07) is 5.90. The molecule has 1 aromatic carbocycles. The average molecular weight is 295 g/mol. The Bertz CT molecular complexity index is 457. The molecular formula is C13H15BrN2O. The first kappa shape index (κ1) is 12.3. The molecule has 1 aliphatic heterocycles. The highest BCUT2D eigenvalue weighted by atomic mass is 79.9. The van der Waals surface area contributed by atoms with Gasteiger partial charge in [-0.15, -0.1) is 0 Å². The Labute approximate surface area is 109 Å². The van der Waals surface area contributed by atoms with E-state index in [0.717, 1.165) is 24.0 Å². The van der Waals surface area contributed by atoms with Crippen LogP contribution in [-0.2, 0) is 13.0 Å². The molecule has 0 aliphatic carbocycles. The summed E-state index contributed by atoms with van der Waals surface area (Å²) in [5.74, 6) is -0.0565. The molecule has 0 fully saturated rings. The van der Waals surface area contributed by atoms with Crippen molar-refractivity contribution in [2.24, 2.45) is 0 Å². The Morgan fingerprint density at radius 1 is 1.47 bits per heavy atom. The summed E-state index contributed by atoms with van der Waals surface area (Å²) < 4.78 is 0.769. The van der Waals surface area contributed by atoms with Crippen molar-refractivity contribution >= 4 is 21.8 Å². The first-order valence-electron chi connectivity index (χ1n) is 5.61. The van der Waals surface area contributed by atoms with E-state index in [9.17, 15) is 4.79 Å². The van der Waals surface area contributed by atoms with Crippen LogP contribution >= 0.6 is 15.9 Å². The van der Waals surface area contributed by atoms with Crippen LogP contribution < -0.4 is 10.6 Å². The zero-order valence-corrected chi connectivity index (χ0v) is 11.1. The molecule has 1 amide bonds. The lowest BCUT2D eigenvalue weighted by Gasteiger charge is -2.17. The van der Waals surface area contributed by atoms with E-state index in [-0.39, 0.29) is 5.91 Å². The second-order valence-corrected chi connectivity index (χ2v) is 5.23. The molecule has 2 N–H and O–H groups in total. The minimum atomic E-state index is -0.0565. The number of amides is 1. The Morgan fingerprint density at radius 3 is 3.06 bits per heavy atom. The van der Waals surface area contributed by atoms with Crippen molar-refractivity contribution in [2.45, 2.75) is 13.0 Å². The highest BCUT2D eigenvalue weighted by molar-refractivity contribution is 9.11. The molecule has 0 bridgehead atoms. The van der Waals surface area contributed by atoms with E-state index < -0.39 is 0 Å². The molecule has 0 aromatic heterocycles. The third-order valence-electron chi connectivity index (χ3n) is 2.80. The number of carbonyl (C=O) groups is 1. The number of hydrogen-bond acceptors (Lipinski definition) is 2. The molecule has 1 heterocycles. The van der Waals surface area contributed by atoms with Crippen molar-refractivity contribution in [3.63, 3.8) is 0 Å². The third-order valence-corrected chi connectivity index (χ3v) is 3.08. The number of carbonyl (C=O) groups excluding carboxylic acids is 1. The van der Waals surface area contributed by atoms with Crippen molar-refractivity contribution < 1.29 is 4.79 Å². The number of benzene rings is 1. The molecule has 0 saturated heterocycles. The van der Waals surface area contributed by atoms with Gasteiger partial charge in [0.15, 0.2) is 0 Å². The van der Waals surface area contributed by atoms with Crippen LogP contribution in [0.3, 0.4) is 0 Å². The monoisotopic (exact) mass is 294 g/mol. The van der Waals surface area contributed by atoms with Crippen molar-refractivity contribution in [3.05, 3.63) is 46.0 Å². The Balaban J connectivity index is 2.11. The first-order valence-corrected chi connectivity index (χ1v) is 6.40. The number of hydrogen-bond donors (Lipinski definition) is 2. The van der Waals surface area contributed by atoms with E-state index in [2.05, 4.69) is 33.1 Å². The lowest BCUT2D eigenvalue weighted by Crippen LogP contribution is -2.27. The molecule has 0 saturated carbocycles. The van der Waals surface area contributed by atoms with Gasteiger partial charge < -0.3 is 10.6 Å². The van der Waals surface area contributed by atoms with Gasteiger partial charge in [-0.05, 0) is 36.2 Å². The van der Waals surface area contributed by atoms with Crippen LogP contribution in [0, 0.1) is 0 Å². The van der Waals surface area contributed by atoms with Gasteiger partial charge in [0.2, 0.25) is 0 Å². The molecule has 1 aromatic rings. The lowest BCUT2D eigenvalue weighted by molar-refractivity contribution is 0.0957. The van der Waals surface area contributed by atoms with Crippen molar-refractivity contribution in [1.82, 2.24) is 10.6 Å². The summed E-state index contributed by atoms with van der Waals surface area (Å²) in [4.78, 5) is 11.8. The molecule has 2 rings (SSSR count). The predicted octanol–water partition coefficient (Wildman–Crippen LogP) is 1.97. The number of nitrogens with one attached hydrogen (secondary N) is 2. The van der Waals surface area contributed by atoms with Crippen LogP contribution in [0.15, 0.2) is 29.3 Å². The topological polar surface area (TPSA) is 41.1 Å². The summed E-state index contributed by atoms with van der Waals surface area (Å²) in [6.07, 6.45) is 1.04. The van der Waals surface area contributed by atoms with E-state index in [0.29, 0.717) is 12.1 Å². The molecule has 0 radical (unpaired) electrons. The normalized spacial score (nSPS) is 13.9. The van der Waals surface area contributed by atoms with E-state index in [1.807, 2.05) is 18.2 Å². The van der Waals surface area contributed by atoms with Crippen molar-refractivity contribution in [3.8, 4) is 0 Å². The molecule has 17 heavy (non-hydrogen) atoms. The highest BCUT2D eigenvalue weighted by Crippen LogP contribution is 2.15. The smallest absolute Gasteiger partial charge is 0.251 e. The maximum absolute atomic E-state index is 11.8. The first-order chi connectivity index (χ1) is 8.16. The fraction of sp³-hybridized carbons (Fsp3) is 0.308. The minimum absolute atomic E-state index is 0.0565. The summed E-state index contributed by atoms with van der Waals surface area (Å²) in [6.45, 7) is 6.00. The Hall–Kier alpha value is -1.13. The van der Waals surface area contributed by atoms with Gasteiger partial charge in [0.25, 0.3) is 5.91 Å². The fourth-order valence-electron chi connectivity index (χ4n) is 1.90. The van der Waals surface area contributed by atoms with Crippen molar-refractivity contribution in [2.75, 3.05) is 13.1 Å². The Kier molecular flexibility index (Phi) is 3.97. The van der Waals surface area contributed by atoms with Gasteiger partial charge in [-0.25, -0.2) is 0 Å². The van der Waals surface area contributed by atoms with Crippen LogP contribution in [-0.4, -0.2) is 19.0 Å². The summed E-state index contributed by atoms with van der Waals surface area (Å²) in [5.41, 5.74) is 3.27. The van der Waals surface area contributed by atoms with Gasteiger partial charge in [-0.3, -0.25) is 4.79 Å². The summed E-state index contributed by atoms with van der Waals surface area (Å²) in [5, 5.41) is 6.10. The van der Waals surface area contributed by atoms with Gasteiger partial charge in [0.05, 0.1) is 0 Å². The molecule has 4 heteroatoms. The fourth-order valence-corrected chi connectivity index (χ4v) is 2.04. The zero-order chi connectivity index (χ0) is 12.3. The molecule has 0 spiro atoms. The second-order valence-electron chi connectivity index (χ2n) is 4.11. The number of rotatable bonds is 3. The SMILES string of the molecule is C=C(Br)CNC(=O)c1ccc2c(c1)CNCC2. The maximum Gasteiger partial charge on any atom is 0.251 e. The molecular weight excluding hydrogens is 280 g/mol. The molecule has 3 nitrogen and oxygen atoms in total. The lowest BCUT2D eigenvalue weighted by atomic mass is 9.98. The van der Waals surface area contributed by atoms with Crippen LogP contribution in [0.1, 0.15) is 21.5 Å². The van der Waals surface area contributed by atoms with Gasteiger partial charge in [0.1, 0.15) is 0 Å². The van der Waals surface area contributed by atoms with E-state index >= 15 is 0 Å². The summed E-state index contributed by atoms with van der Waals surface area (Å²) in [7, 11) is 0. The zero-order valence-electron chi connectivity index (χ0n) is 9.55. The standard InChI is InChI=1S/C13H15BrN2O/c1-9(14)7-16-13(17)11-3-2-10-4-5-15-8-12(10)6-11/h2-3,6,15H,1,4-5,7-8H2,(H,16,17). The van der Waals surface area contributed by atoms with Gasteiger partial charge in [-0.1, -0.05) is 28.6 Å². The van der Waals surface area contributed by atoms with Gasteiger partial charge >= 0.3 is 0 Å². The van der Waals surface area contributed by atoms with Crippen molar-refractivity contribution in [1.29, 1.82) is 0 Å². The van der Waals surface area contributed by atoms with Gasteiger partial charge in [0, 0.05) is 23.1 Å². The highest BCUT2D eigenvalue weighted by Gasteiger charge is 2.12. The molecule has 1 aliphatic rings. The molecule has 0 atom stereocenters. The number of fused-ring (bicyclic) bond motifs is 1. The number of halogens is 1.